The number of aliphatic hydroxyl groups excluding tert-OH is 1. The fourth-order valence-corrected chi connectivity index (χ4v) is 7.48. The highest BCUT2D eigenvalue weighted by molar-refractivity contribution is 7.47. The van der Waals surface area contributed by atoms with Crippen LogP contribution < -0.4 is 5.32 Å². The summed E-state index contributed by atoms with van der Waals surface area (Å²) >= 11 is 0. The number of allylic oxidation sites excluding steroid dienone is 4. The van der Waals surface area contributed by atoms with Gasteiger partial charge in [0.15, 0.2) is 0 Å². The fourth-order valence-electron chi connectivity index (χ4n) is 6.72. The number of amides is 1. The van der Waals surface area contributed by atoms with Crippen LogP contribution >= 0.6 is 7.82 Å². The maximum absolute atomic E-state index is 12.1. The van der Waals surface area contributed by atoms with Gasteiger partial charge in [0.05, 0.1) is 13.2 Å². The van der Waals surface area contributed by atoms with Crippen molar-refractivity contribution in [2.24, 2.45) is 0 Å². The zero-order chi connectivity index (χ0) is 41.8. The zero-order valence-corrected chi connectivity index (χ0v) is 37.9. The van der Waals surface area contributed by atoms with E-state index in [1.54, 1.807) is 0 Å². The Labute approximate surface area is 350 Å². The fraction of sp³-hybridized carbons (Fsp3) is 0.872. The van der Waals surface area contributed by atoms with Gasteiger partial charge in [-0.05, 0) is 64.2 Å². The maximum Gasteiger partial charge on any atom is 0.472 e. The first kappa shape index (κ1) is 55.5. The Kier molecular flexibility index (Phi) is 42.9. The lowest BCUT2D eigenvalue weighted by molar-refractivity contribution is -0.147. The number of phosphoric acid groups is 1. The highest BCUT2D eigenvalue weighted by Crippen LogP contribution is 2.42. The quantitative estimate of drug-likeness (QED) is 0.0239. The van der Waals surface area contributed by atoms with Crippen LogP contribution in [0.2, 0.25) is 0 Å². The maximum atomic E-state index is 12.1. The predicted octanol–water partition coefficient (Wildman–Crippen LogP) is 13.6. The molecule has 0 aromatic rings. The average Bonchev–Trinajstić information content (AvgIpc) is 3.20. The molecule has 0 rings (SSSR count). The topological polar surface area (TPSA) is 131 Å². The van der Waals surface area contributed by atoms with Crippen molar-refractivity contribution in [3.63, 3.8) is 0 Å². The molecule has 0 aromatic heterocycles. The molecule has 2 unspecified atom stereocenters. The number of aliphatic hydroxyl groups is 1. The third kappa shape index (κ3) is 45.4. The van der Waals surface area contributed by atoms with E-state index in [0.717, 1.165) is 38.5 Å². The van der Waals surface area contributed by atoms with E-state index in [2.05, 4.69) is 43.5 Å². The third-order valence-corrected chi connectivity index (χ3v) is 11.3. The second kappa shape index (κ2) is 44.1. The molecule has 0 aliphatic rings. The van der Waals surface area contributed by atoms with Gasteiger partial charge in [-0.15, -0.1) is 0 Å². The summed E-state index contributed by atoms with van der Waals surface area (Å²) < 4.78 is 26.9. The summed E-state index contributed by atoms with van der Waals surface area (Å²) in [4.78, 5) is 34.0. The van der Waals surface area contributed by atoms with Crippen molar-refractivity contribution in [2.75, 3.05) is 26.4 Å². The molecule has 0 fully saturated rings. The van der Waals surface area contributed by atoms with Gasteiger partial charge in [0.1, 0.15) is 12.7 Å². The monoisotopic (exact) mass is 828 g/mol. The smallest absolute Gasteiger partial charge is 0.463 e. The van der Waals surface area contributed by atoms with Crippen LogP contribution in [0.5, 0.6) is 0 Å². The normalized spacial score (nSPS) is 13.4. The van der Waals surface area contributed by atoms with Crippen LogP contribution in [0.4, 0.5) is 0 Å². The predicted molar refractivity (Wildman–Crippen MR) is 238 cm³/mol. The van der Waals surface area contributed by atoms with Gasteiger partial charge in [-0.25, -0.2) is 4.57 Å². The van der Waals surface area contributed by atoms with Gasteiger partial charge in [0, 0.05) is 19.4 Å². The van der Waals surface area contributed by atoms with Crippen molar-refractivity contribution < 1.29 is 37.9 Å². The average molecular weight is 828 g/mol. The van der Waals surface area contributed by atoms with Gasteiger partial charge < -0.3 is 20.1 Å². The van der Waals surface area contributed by atoms with E-state index in [0.29, 0.717) is 6.42 Å². The minimum Gasteiger partial charge on any atom is -0.463 e. The van der Waals surface area contributed by atoms with Crippen molar-refractivity contribution in [1.29, 1.82) is 0 Å². The van der Waals surface area contributed by atoms with E-state index >= 15 is 0 Å². The van der Waals surface area contributed by atoms with E-state index in [-0.39, 0.29) is 32.1 Å². The largest absolute Gasteiger partial charge is 0.472 e. The summed E-state index contributed by atoms with van der Waals surface area (Å²) in [6.45, 7) is 3.57. The highest BCUT2D eigenvalue weighted by atomic mass is 31.2. The highest BCUT2D eigenvalue weighted by Gasteiger charge is 2.23. The molecule has 9 nitrogen and oxygen atoms in total. The summed E-state index contributed by atoms with van der Waals surface area (Å²) in [6.07, 6.45) is 48.2. The Hall–Kier alpha value is -1.51. The molecule has 0 bridgehead atoms. The molecule has 0 aromatic carbocycles. The second-order valence-electron chi connectivity index (χ2n) is 16.1. The minimum absolute atomic E-state index is 0.0808. The van der Waals surface area contributed by atoms with E-state index < -0.39 is 26.5 Å². The molecule has 2 atom stereocenters. The van der Waals surface area contributed by atoms with Crippen LogP contribution in [0.3, 0.4) is 0 Å². The molecule has 0 saturated heterocycles. The van der Waals surface area contributed by atoms with Gasteiger partial charge in [0.2, 0.25) is 5.91 Å². The van der Waals surface area contributed by atoms with Gasteiger partial charge in [0.25, 0.3) is 0 Å². The molecule has 0 saturated carbocycles. The van der Waals surface area contributed by atoms with E-state index in [1.165, 1.54) is 167 Å². The van der Waals surface area contributed by atoms with Crippen molar-refractivity contribution in [3.8, 4) is 0 Å². The lowest BCUT2D eigenvalue weighted by atomic mass is 10.1. The Morgan fingerprint density at radius 2 is 0.895 bits per heavy atom. The van der Waals surface area contributed by atoms with E-state index in [1.807, 2.05) is 0 Å². The summed E-state index contributed by atoms with van der Waals surface area (Å²) in [7, 11) is -4.42. The lowest BCUT2D eigenvalue weighted by Crippen LogP contribution is -2.27. The van der Waals surface area contributed by atoms with Crippen molar-refractivity contribution >= 4 is 19.7 Å². The first-order chi connectivity index (χ1) is 27.8. The number of hydrogen-bond acceptors (Lipinski definition) is 7. The number of nitrogens with one attached hydrogen (secondary N) is 1. The number of rotatable bonds is 45. The number of phosphoric ester groups is 1. The summed E-state index contributed by atoms with van der Waals surface area (Å²) in [5, 5.41) is 12.7. The van der Waals surface area contributed by atoms with Crippen molar-refractivity contribution in [1.82, 2.24) is 5.32 Å². The van der Waals surface area contributed by atoms with Crippen molar-refractivity contribution in [3.05, 3.63) is 24.3 Å². The molecular weight excluding hydrogens is 737 g/mol. The Morgan fingerprint density at radius 1 is 0.526 bits per heavy atom. The van der Waals surface area contributed by atoms with E-state index in [9.17, 15) is 24.2 Å². The van der Waals surface area contributed by atoms with Crippen LogP contribution in [0, 0.1) is 0 Å². The van der Waals surface area contributed by atoms with Gasteiger partial charge in [-0.2, -0.15) is 0 Å². The number of esters is 1. The molecule has 0 aliphatic carbocycles. The second-order valence-corrected chi connectivity index (χ2v) is 17.5. The van der Waals surface area contributed by atoms with Crippen LogP contribution in [0.15, 0.2) is 24.3 Å². The van der Waals surface area contributed by atoms with Gasteiger partial charge >= 0.3 is 13.8 Å². The van der Waals surface area contributed by atoms with Gasteiger partial charge in [-0.3, -0.25) is 18.6 Å². The molecule has 3 N–H and O–H groups in total. The van der Waals surface area contributed by atoms with Crippen LogP contribution in [0.25, 0.3) is 0 Å². The van der Waals surface area contributed by atoms with Crippen LogP contribution in [0.1, 0.15) is 232 Å². The molecule has 1 amide bonds. The first-order valence-electron chi connectivity index (χ1n) is 23.8. The van der Waals surface area contributed by atoms with Gasteiger partial charge in [-0.1, -0.05) is 179 Å². The summed E-state index contributed by atoms with van der Waals surface area (Å²) in [5.74, 6) is -0.518. The number of carbonyl (C=O) groups excluding carboxylic acids is 2. The molecule has 0 aliphatic heterocycles. The Morgan fingerprint density at radius 3 is 1.32 bits per heavy atom. The number of carbonyl (C=O) groups is 2. The Balaban J connectivity index is 3.57. The number of hydrogen-bond donors (Lipinski definition) is 3. The molecular formula is C47H90NO8P. The molecule has 0 radical (unpaired) electrons. The zero-order valence-electron chi connectivity index (χ0n) is 37.0. The third-order valence-electron chi connectivity index (χ3n) is 10.4. The molecule has 336 valence electrons. The molecule has 10 heteroatoms. The number of unbranched alkanes of at least 4 members (excludes halogenated alkanes) is 28. The first-order valence-corrected chi connectivity index (χ1v) is 25.3. The van der Waals surface area contributed by atoms with E-state index in [4.69, 9.17) is 13.8 Å². The summed E-state index contributed by atoms with van der Waals surface area (Å²) in [5.41, 5.74) is 0. The summed E-state index contributed by atoms with van der Waals surface area (Å²) in [6, 6.07) is 0. The number of ether oxygens (including phenoxy) is 1. The molecule has 57 heavy (non-hydrogen) atoms. The van der Waals surface area contributed by atoms with Crippen molar-refractivity contribution in [2.45, 2.75) is 238 Å². The lowest BCUT2D eigenvalue weighted by Gasteiger charge is -2.15. The standard InChI is InChI=1S/C47H90NO8P/c1-3-5-7-9-11-13-15-17-19-21-23-25-27-29-31-33-35-37-39-46(50)48-41-42-55-57(52,53)56-44-45(49)43-54-47(51)40-38-36-34-32-30-28-26-24-22-20-18-16-14-12-10-8-6-4-2/h19-22,45,49H,3-18,23-44H2,1-2H3,(H,48,50)(H,52,53)/b21-19-,22-20-. The SMILES string of the molecule is CCCCCCCCC/C=C\CCCCCCCCCC(=O)NCCOP(=O)(O)OCC(O)COC(=O)CCCCCCCCC/C=C\CCCCCCCCC. The van der Waals surface area contributed by atoms with Crippen LogP contribution in [-0.2, 0) is 27.9 Å². The Bertz CT molecular complexity index is 990. The van der Waals surface area contributed by atoms with Crippen LogP contribution in [-0.4, -0.2) is 54.3 Å². The molecule has 0 heterocycles. The molecule has 0 spiro atoms. The minimum atomic E-state index is -4.42.